The maximum absolute atomic E-state index is 12.9. The van der Waals surface area contributed by atoms with Gasteiger partial charge in [-0.05, 0) is 18.6 Å². The molecule has 0 bridgehead atoms. The van der Waals surface area contributed by atoms with Gasteiger partial charge in [-0.2, -0.15) is 0 Å². The minimum atomic E-state index is -0.371. The van der Waals surface area contributed by atoms with E-state index in [-0.39, 0.29) is 11.9 Å². The molecule has 0 aromatic carbocycles. The number of aryl methyl sites for hydroxylation is 1. The standard InChI is InChI=1S/C10H10FN3S/c1-6-14-5-9(15-6)10(12)7-2-8(11)4-13-3-7/h2-5,10H,12H2,1H3. The molecule has 2 heterocycles. The zero-order chi connectivity index (χ0) is 10.8. The number of thiazole rings is 1. The Morgan fingerprint density at radius 3 is 2.80 bits per heavy atom. The minimum Gasteiger partial charge on any atom is -0.320 e. The van der Waals surface area contributed by atoms with E-state index in [4.69, 9.17) is 5.73 Å². The highest BCUT2D eigenvalue weighted by Gasteiger charge is 2.12. The van der Waals surface area contributed by atoms with E-state index in [1.165, 1.54) is 17.4 Å². The number of pyridine rings is 1. The van der Waals surface area contributed by atoms with Crippen LogP contribution >= 0.6 is 11.3 Å². The van der Waals surface area contributed by atoms with Gasteiger partial charge in [0.2, 0.25) is 0 Å². The third-order valence-corrected chi connectivity index (χ3v) is 3.03. The summed E-state index contributed by atoms with van der Waals surface area (Å²) in [5, 5.41) is 0.949. The van der Waals surface area contributed by atoms with Crippen LogP contribution in [0.5, 0.6) is 0 Å². The summed E-state index contributed by atoms with van der Waals surface area (Å²) in [6.45, 7) is 1.91. The molecule has 15 heavy (non-hydrogen) atoms. The number of hydrogen-bond acceptors (Lipinski definition) is 4. The highest BCUT2D eigenvalue weighted by Crippen LogP contribution is 2.24. The molecule has 0 saturated carbocycles. The molecule has 2 N–H and O–H groups in total. The zero-order valence-corrected chi connectivity index (χ0v) is 8.96. The highest BCUT2D eigenvalue weighted by molar-refractivity contribution is 7.11. The Morgan fingerprint density at radius 1 is 1.40 bits per heavy atom. The predicted octanol–water partition coefficient (Wildman–Crippen LogP) is 2.03. The summed E-state index contributed by atoms with van der Waals surface area (Å²) in [5.41, 5.74) is 6.63. The van der Waals surface area contributed by atoms with Crippen LogP contribution in [0.15, 0.2) is 24.7 Å². The molecule has 3 nitrogen and oxygen atoms in total. The lowest BCUT2D eigenvalue weighted by molar-refractivity contribution is 0.616. The maximum atomic E-state index is 12.9. The van der Waals surface area contributed by atoms with Crippen molar-refractivity contribution < 1.29 is 4.39 Å². The van der Waals surface area contributed by atoms with E-state index in [9.17, 15) is 4.39 Å². The van der Waals surface area contributed by atoms with Crippen molar-refractivity contribution in [1.29, 1.82) is 0 Å². The Bertz CT molecular complexity index is 469. The third kappa shape index (κ3) is 2.19. The first-order valence-electron chi connectivity index (χ1n) is 4.45. The van der Waals surface area contributed by atoms with Gasteiger partial charge in [-0.1, -0.05) is 0 Å². The van der Waals surface area contributed by atoms with Gasteiger partial charge in [0.1, 0.15) is 5.82 Å². The van der Waals surface area contributed by atoms with E-state index in [1.54, 1.807) is 12.4 Å². The molecule has 78 valence electrons. The molecule has 0 aliphatic heterocycles. The van der Waals surface area contributed by atoms with Crippen molar-refractivity contribution in [2.45, 2.75) is 13.0 Å². The fraction of sp³-hybridized carbons (Fsp3) is 0.200. The highest BCUT2D eigenvalue weighted by atomic mass is 32.1. The molecular weight excluding hydrogens is 213 g/mol. The number of halogens is 1. The SMILES string of the molecule is Cc1ncc(C(N)c2cncc(F)c2)s1. The van der Waals surface area contributed by atoms with Gasteiger partial charge >= 0.3 is 0 Å². The third-order valence-electron chi connectivity index (χ3n) is 2.03. The number of nitrogens with zero attached hydrogens (tertiary/aromatic N) is 2. The predicted molar refractivity (Wildman–Crippen MR) is 57.1 cm³/mol. The number of rotatable bonds is 2. The largest absolute Gasteiger partial charge is 0.320 e. The average molecular weight is 223 g/mol. The molecule has 2 aromatic heterocycles. The van der Waals surface area contributed by atoms with Crippen LogP contribution in [-0.2, 0) is 0 Å². The lowest BCUT2D eigenvalue weighted by atomic mass is 10.1. The van der Waals surface area contributed by atoms with Crippen LogP contribution in [0.4, 0.5) is 4.39 Å². The molecule has 0 amide bonds. The van der Waals surface area contributed by atoms with Crippen LogP contribution in [0, 0.1) is 12.7 Å². The summed E-state index contributed by atoms with van der Waals surface area (Å²) in [6.07, 6.45) is 4.45. The Hall–Kier alpha value is -1.33. The van der Waals surface area contributed by atoms with E-state index in [0.717, 1.165) is 16.1 Å². The van der Waals surface area contributed by atoms with E-state index >= 15 is 0 Å². The van der Waals surface area contributed by atoms with Crippen molar-refractivity contribution in [3.8, 4) is 0 Å². The molecule has 0 aliphatic carbocycles. The van der Waals surface area contributed by atoms with Gasteiger partial charge in [0.05, 0.1) is 17.2 Å². The average Bonchev–Trinajstić information content (AvgIpc) is 2.64. The molecule has 2 aromatic rings. The van der Waals surface area contributed by atoms with Crippen LogP contribution in [0.2, 0.25) is 0 Å². The van der Waals surface area contributed by atoms with Crippen molar-refractivity contribution in [3.05, 3.63) is 45.9 Å². The Kier molecular flexibility index (Phi) is 2.75. The summed E-state index contributed by atoms with van der Waals surface area (Å²) in [7, 11) is 0. The van der Waals surface area contributed by atoms with Gasteiger partial charge in [-0.25, -0.2) is 9.37 Å². The van der Waals surface area contributed by atoms with E-state index in [0.29, 0.717) is 5.56 Å². The second kappa shape index (κ2) is 4.04. The molecule has 1 atom stereocenters. The molecule has 0 spiro atoms. The minimum absolute atomic E-state index is 0.348. The van der Waals surface area contributed by atoms with Crippen LogP contribution in [0.3, 0.4) is 0 Å². The normalized spacial score (nSPS) is 12.7. The second-order valence-corrected chi connectivity index (χ2v) is 4.46. The van der Waals surface area contributed by atoms with Crippen LogP contribution in [-0.4, -0.2) is 9.97 Å². The summed E-state index contributed by atoms with van der Waals surface area (Å²) >= 11 is 1.51. The zero-order valence-electron chi connectivity index (χ0n) is 8.14. The van der Waals surface area contributed by atoms with Crippen LogP contribution in [0.1, 0.15) is 21.5 Å². The number of nitrogens with two attached hydrogens (primary N) is 1. The van der Waals surface area contributed by atoms with Gasteiger partial charge in [0.25, 0.3) is 0 Å². The lowest BCUT2D eigenvalue weighted by Gasteiger charge is -2.08. The first-order valence-corrected chi connectivity index (χ1v) is 5.27. The van der Waals surface area contributed by atoms with Gasteiger partial charge in [-0.15, -0.1) is 11.3 Å². The molecule has 1 unspecified atom stereocenters. The molecule has 0 radical (unpaired) electrons. The van der Waals surface area contributed by atoms with Gasteiger partial charge in [0, 0.05) is 17.3 Å². The topological polar surface area (TPSA) is 51.8 Å². The van der Waals surface area contributed by atoms with Gasteiger partial charge < -0.3 is 5.73 Å². The van der Waals surface area contributed by atoms with Gasteiger partial charge in [-0.3, -0.25) is 4.98 Å². The van der Waals surface area contributed by atoms with E-state index in [1.807, 2.05) is 6.92 Å². The van der Waals surface area contributed by atoms with Crippen molar-refractivity contribution in [2.75, 3.05) is 0 Å². The second-order valence-electron chi connectivity index (χ2n) is 3.20. The van der Waals surface area contributed by atoms with Crippen molar-refractivity contribution in [2.24, 2.45) is 5.73 Å². The summed E-state index contributed by atoms with van der Waals surface area (Å²) in [6, 6.07) is 1.05. The fourth-order valence-electron chi connectivity index (χ4n) is 1.28. The Morgan fingerprint density at radius 2 is 2.20 bits per heavy atom. The van der Waals surface area contributed by atoms with Crippen LogP contribution < -0.4 is 5.73 Å². The summed E-state index contributed by atoms with van der Waals surface area (Å²) in [5.74, 6) is -0.371. The first kappa shape index (κ1) is 10.2. The molecule has 5 heteroatoms. The maximum Gasteiger partial charge on any atom is 0.141 e. The molecular formula is C10H10FN3S. The van der Waals surface area contributed by atoms with Crippen molar-refractivity contribution in [3.63, 3.8) is 0 Å². The summed E-state index contributed by atoms with van der Waals surface area (Å²) in [4.78, 5) is 8.79. The lowest BCUT2D eigenvalue weighted by Crippen LogP contribution is -2.10. The van der Waals surface area contributed by atoms with Crippen LogP contribution in [0.25, 0.3) is 0 Å². The smallest absolute Gasteiger partial charge is 0.141 e. The van der Waals surface area contributed by atoms with Crippen molar-refractivity contribution in [1.82, 2.24) is 9.97 Å². The monoisotopic (exact) mass is 223 g/mol. The Labute approximate surface area is 90.8 Å². The van der Waals surface area contributed by atoms with E-state index in [2.05, 4.69) is 9.97 Å². The molecule has 0 saturated heterocycles. The van der Waals surface area contributed by atoms with Crippen molar-refractivity contribution >= 4 is 11.3 Å². The number of aromatic nitrogens is 2. The summed E-state index contributed by atoms with van der Waals surface area (Å²) < 4.78 is 12.9. The first-order chi connectivity index (χ1) is 7.16. The molecule has 0 aliphatic rings. The van der Waals surface area contributed by atoms with E-state index < -0.39 is 0 Å². The molecule has 2 rings (SSSR count). The Balaban J connectivity index is 2.32. The number of hydrogen-bond donors (Lipinski definition) is 1. The molecule has 0 fully saturated rings. The fourth-order valence-corrected chi connectivity index (χ4v) is 2.10. The van der Waals surface area contributed by atoms with Gasteiger partial charge in [0.15, 0.2) is 0 Å². The quantitative estimate of drug-likeness (QED) is 0.847.